The lowest BCUT2D eigenvalue weighted by molar-refractivity contribution is 0.564. The van der Waals surface area contributed by atoms with Crippen LogP contribution in [0, 0.1) is 0 Å². The van der Waals surface area contributed by atoms with Gasteiger partial charge in [0.15, 0.2) is 5.82 Å². The Labute approximate surface area is 103 Å². The molecule has 0 aromatic carbocycles. The van der Waals surface area contributed by atoms with Crippen LogP contribution in [-0.2, 0) is 0 Å². The predicted octanol–water partition coefficient (Wildman–Crippen LogP) is 2.07. The summed E-state index contributed by atoms with van der Waals surface area (Å²) in [6.45, 7) is 8.41. The summed E-state index contributed by atoms with van der Waals surface area (Å²) in [4.78, 5) is 6.74. The van der Waals surface area contributed by atoms with E-state index >= 15 is 0 Å². The van der Waals surface area contributed by atoms with Crippen LogP contribution in [0.5, 0.6) is 0 Å². The molecule has 0 amide bonds. The fourth-order valence-corrected chi connectivity index (χ4v) is 1.97. The molecular formula is C12H21N5. The van der Waals surface area contributed by atoms with Crippen molar-refractivity contribution in [3.8, 4) is 0 Å². The molecule has 1 aliphatic rings. The van der Waals surface area contributed by atoms with E-state index < -0.39 is 0 Å². The number of piperidine rings is 1. The molecule has 0 unspecified atom stereocenters. The number of nitrogens with one attached hydrogen (secondary N) is 1. The molecule has 0 radical (unpaired) electrons. The topological polar surface area (TPSA) is 53.9 Å². The Bertz CT molecular complexity index is 365. The smallest absolute Gasteiger partial charge is 0.247 e. The molecule has 0 bridgehead atoms. The lowest BCUT2D eigenvalue weighted by Gasteiger charge is -2.27. The van der Waals surface area contributed by atoms with Crippen LogP contribution in [0.15, 0.2) is 6.20 Å². The first kappa shape index (κ1) is 12.1. The van der Waals surface area contributed by atoms with Crippen molar-refractivity contribution in [2.75, 3.05) is 23.3 Å². The SMILES string of the molecule is CC(C)(C)Nc1cnnc(N2CCCCC2)n1. The highest BCUT2D eigenvalue weighted by atomic mass is 15.3. The summed E-state index contributed by atoms with van der Waals surface area (Å²) in [5.74, 6) is 1.55. The minimum Gasteiger partial charge on any atom is -0.364 e. The van der Waals surface area contributed by atoms with E-state index in [0.29, 0.717) is 0 Å². The van der Waals surface area contributed by atoms with Gasteiger partial charge in [-0.3, -0.25) is 0 Å². The molecule has 1 aromatic rings. The monoisotopic (exact) mass is 235 g/mol. The number of hydrogen-bond donors (Lipinski definition) is 1. The Hall–Kier alpha value is -1.39. The predicted molar refractivity (Wildman–Crippen MR) is 69.3 cm³/mol. The summed E-state index contributed by atoms with van der Waals surface area (Å²) in [7, 11) is 0. The molecule has 5 heteroatoms. The second-order valence-electron chi connectivity index (χ2n) is 5.56. The molecule has 5 nitrogen and oxygen atoms in total. The van der Waals surface area contributed by atoms with E-state index in [1.165, 1.54) is 19.3 Å². The largest absolute Gasteiger partial charge is 0.364 e. The van der Waals surface area contributed by atoms with Gasteiger partial charge in [0.05, 0.1) is 6.20 Å². The summed E-state index contributed by atoms with van der Waals surface area (Å²) in [6.07, 6.45) is 5.43. The number of nitrogens with zero attached hydrogens (tertiary/aromatic N) is 4. The van der Waals surface area contributed by atoms with E-state index in [-0.39, 0.29) is 5.54 Å². The van der Waals surface area contributed by atoms with Crippen molar-refractivity contribution in [3.05, 3.63) is 6.20 Å². The lowest BCUT2D eigenvalue weighted by Crippen LogP contribution is -2.32. The van der Waals surface area contributed by atoms with Crippen LogP contribution in [0.3, 0.4) is 0 Å². The van der Waals surface area contributed by atoms with Gasteiger partial charge >= 0.3 is 0 Å². The molecule has 0 saturated carbocycles. The molecule has 1 N–H and O–H groups in total. The standard InChI is InChI=1S/C12H21N5/c1-12(2,3)15-10-9-13-16-11(14-10)17-7-5-4-6-8-17/h9H,4-8H2,1-3H3,(H,14,15,16). The molecule has 1 aromatic heterocycles. The fraction of sp³-hybridized carbons (Fsp3) is 0.750. The van der Waals surface area contributed by atoms with Crippen molar-refractivity contribution >= 4 is 11.8 Å². The molecule has 1 saturated heterocycles. The quantitative estimate of drug-likeness (QED) is 0.850. The zero-order chi connectivity index (χ0) is 12.3. The summed E-state index contributed by atoms with van der Waals surface area (Å²) < 4.78 is 0. The molecule has 17 heavy (non-hydrogen) atoms. The van der Waals surface area contributed by atoms with E-state index in [0.717, 1.165) is 24.9 Å². The van der Waals surface area contributed by atoms with Crippen LogP contribution in [0.2, 0.25) is 0 Å². The van der Waals surface area contributed by atoms with Gasteiger partial charge in [0.25, 0.3) is 0 Å². The highest BCUT2D eigenvalue weighted by molar-refractivity contribution is 5.40. The number of anilines is 2. The third-order valence-electron chi connectivity index (χ3n) is 2.69. The molecule has 0 atom stereocenters. The normalized spacial score (nSPS) is 17.0. The van der Waals surface area contributed by atoms with E-state index in [1.54, 1.807) is 6.20 Å². The van der Waals surface area contributed by atoms with Crippen molar-refractivity contribution in [1.82, 2.24) is 15.2 Å². The zero-order valence-electron chi connectivity index (χ0n) is 10.9. The minimum atomic E-state index is -0.00476. The van der Waals surface area contributed by atoms with Crippen molar-refractivity contribution in [2.24, 2.45) is 0 Å². The molecular weight excluding hydrogens is 214 g/mol. The van der Waals surface area contributed by atoms with Gasteiger partial charge in [-0.25, -0.2) is 0 Å². The van der Waals surface area contributed by atoms with Gasteiger partial charge in [-0.15, -0.1) is 5.10 Å². The van der Waals surface area contributed by atoms with Gasteiger partial charge in [0.1, 0.15) is 0 Å². The van der Waals surface area contributed by atoms with Gasteiger partial charge in [-0.2, -0.15) is 10.1 Å². The van der Waals surface area contributed by atoms with E-state index in [2.05, 4.69) is 46.2 Å². The first-order valence-electron chi connectivity index (χ1n) is 6.27. The number of aromatic nitrogens is 3. The number of rotatable bonds is 2. The molecule has 0 spiro atoms. The zero-order valence-corrected chi connectivity index (χ0v) is 10.9. The molecule has 1 fully saturated rings. The second-order valence-corrected chi connectivity index (χ2v) is 5.56. The van der Waals surface area contributed by atoms with Crippen molar-refractivity contribution < 1.29 is 0 Å². The Morgan fingerprint density at radius 3 is 2.53 bits per heavy atom. The summed E-state index contributed by atoms with van der Waals surface area (Å²) in [5, 5.41) is 11.5. The van der Waals surface area contributed by atoms with Gasteiger partial charge in [-0.1, -0.05) is 0 Å². The highest BCUT2D eigenvalue weighted by Gasteiger charge is 2.16. The Kier molecular flexibility index (Phi) is 3.45. The van der Waals surface area contributed by atoms with Crippen LogP contribution >= 0.6 is 0 Å². The third-order valence-corrected chi connectivity index (χ3v) is 2.69. The average molecular weight is 235 g/mol. The molecule has 0 aliphatic carbocycles. The number of hydrogen-bond acceptors (Lipinski definition) is 5. The van der Waals surface area contributed by atoms with Crippen LogP contribution in [0.25, 0.3) is 0 Å². The second kappa shape index (κ2) is 4.85. The van der Waals surface area contributed by atoms with Crippen molar-refractivity contribution in [2.45, 2.75) is 45.6 Å². The first-order valence-corrected chi connectivity index (χ1v) is 6.27. The molecule has 1 aliphatic heterocycles. The minimum absolute atomic E-state index is 0.00476. The van der Waals surface area contributed by atoms with Gasteiger partial charge < -0.3 is 10.2 Å². The third kappa shape index (κ3) is 3.54. The van der Waals surface area contributed by atoms with Gasteiger partial charge in [0, 0.05) is 18.6 Å². The van der Waals surface area contributed by atoms with E-state index in [4.69, 9.17) is 0 Å². The maximum absolute atomic E-state index is 4.52. The van der Waals surface area contributed by atoms with Crippen LogP contribution in [-0.4, -0.2) is 33.8 Å². The molecule has 94 valence electrons. The van der Waals surface area contributed by atoms with Crippen molar-refractivity contribution in [3.63, 3.8) is 0 Å². The maximum Gasteiger partial charge on any atom is 0.247 e. The fourth-order valence-electron chi connectivity index (χ4n) is 1.97. The average Bonchev–Trinajstić information content (AvgIpc) is 2.28. The van der Waals surface area contributed by atoms with Crippen LogP contribution < -0.4 is 10.2 Å². The van der Waals surface area contributed by atoms with Gasteiger partial charge in [0.2, 0.25) is 5.95 Å². The van der Waals surface area contributed by atoms with Crippen LogP contribution in [0.4, 0.5) is 11.8 Å². The molecule has 2 heterocycles. The Morgan fingerprint density at radius 2 is 1.88 bits per heavy atom. The van der Waals surface area contributed by atoms with E-state index in [9.17, 15) is 0 Å². The first-order chi connectivity index (χ1) is 8.04. The van der Waals surface area contributed by atoms with E-state index in [1.807, 2.05) is 0 Å². The Balaban J connectivity index is 2.10. The maximum atomic E-state index is 4.52. The summed E-state index contributed by atoms with van der Waals surface area (Å²) in [6, 6.07) is 0. The summed E-state index contributed by atoms with van der Waals surface area (Å²) in [5.41, 5.74) is -0.00476. The van der Waals surface area contributed by atoms with Gasteiger partial charge in [-0.05, 0) is 40.0 Å². The Morgan fingerprint density at radius 1 is 1.18 bits per heavy atom. The van der Waals surface area contributed by atoms with Crippen LogP contribution in [0.1, 0.15) is 40.0 Å². The lowest BCUT2D eigenvalue weighted by atomic mass is 10.1. The van der Waals surface area contributed by atoms with Crippen molar-refractivity contribution in [1.29, 1.82) is 0 Å². The summed E-state index contributed by atoms with van der Waals surface area (Å²) >= 11 is 0. The molecule has 2 rings (SSSR count). The highest BCUT2D eigenvalue weighted by Crippen LogP contribution is 2.17.